The van der Waals surface area contributed by atoms with Crippen molar-refractivity contribution in [3.8, 4) is 0 Å². The van der Waals surface area contributed by atoms with E-state index in [2.05, 4.69) is 44.2 Å². The summed E-state index contributed by atoms with van der Waals surface area (Å²) >= 11 is 1.93. The molecular weight excluding hydrogens is 256 g/mol. The van der Waals surface area contributed by atoms with Gasteiger partial charge in [-0.1, -0.05) is 27.7 Å². The largest absolute Gasteiger partial charge is 0.324 e. The number of amides is 1. The fraction of sp³-hybridized carbons (Fsp3) is 0.933. The van der Waals surface area contributed by atoms with Gasteiger partial charge in [0.15, 0.2) is 0 Å². The molecule has 4 heteroatoms. The van der Waals surface area contributed by atoms with Crippen molar-refractivity contribution < 1.29 is 4.79 Å². The first kappa shape index (κ1) is 15.2. The molecule has 0 aromatic rings. The summed E-state index contributed by atoms with van der Waals surface area (Å²) in [5.41, 5.74) is 0. The number of rotatable bonds is 6. The lowest BCUT2D eigenvalue weighted by Gasteiger charge is -2.30. The van der Waals surface area contributed by atoms with Gasteiger partial charge in [0.1, 0.15) is 0 Å². The molecule has 2 aliphatic rings. The lowest BCUT2D eigenvalue weighted by Crippen LogP contribution is -2.45. The first-order valence-corrected chi connectivity index (χ1v) is 8.73. The Labute approximate surface area is 121 Å². The molecule has 2 atom stereocenters. The second kappa shape index (κ2) is 5.65. The average molecular weight is 284 g/mol. The quantitative estimate of drug-likeness (QED) is 0.814. The van der Waals surface area contributed by atoms with Gasteiger partial charge in [-0.25, -0.2) is 0 Å². The number of carbonyl (C=O) groups excluding carboxylic acids is 1. The summed E-state index contributed by atoms with van der Waals surface area (Å²) in [5, 5.41) is 3.56. The number of hydrogen-bond acceptors (Lipinski definition) is 3. The average Bonchev–Trinajstić information content (AvgIpc) is 3.04. The van der Waals surface area contributed by atoms with E-state index < -0.39 is 0 Å². The molecule has 0 radical (unpaired) electrons. The van der Waals surface area contributed by atoms with Crippen LogP contribution in [0.2, 0.25) is 0 Å². The minimum absolute atomic E-state index is 0.0325. The van der Waals surface area contributed by atoms with Crippen LogP contribution in [0.4, 0.5) is 0 Å². The fourth-order valence-electron chi connectivity index (χ4n) is 2.95. The van der Waals surface area contributed by atoms with Gasteiger partial charge in [0.05, 0.1) is 12.2 Å². The third kappa shape index (κ3) is 3.27. The second-order valence-corrected chi connectivity index (χ2v) is 8.17. The molecule has 0 aromatic heterocycles. The molecule has 1 aliphatic carbocycles. The van der Waals surface area contributed by atoms with Crippen LogP contribution in [-0.2, 0) is 4.79 Å². The highest BCUT2D eigenvalue weighted by atomic mass is 32.2. The van der Waals surface area contributed by atoms with Gasteiger partial charge in [-0.2, -0.15) is 11.8 Å². The molecule has 110 valence electrons. The molecule has 2 unspecified atom stereocenters. The molecule has 1 aliphatic heterocycles. The second-order valence-electron chi connectivity index (χ2n) is 6.89. The standard InChI is InChI=1S/C15H28N2OS/c1-10(2)8-12-14(18)17(13(16-12)11(3)4)9-15(19-5)6-7-15/h10-13,16H,6-9H2,1-5H3. The van der Waals surface area contributed by atoms with Crippen LogP contribution in [-0.4, -0.2) is 40.6 Å². The maximum atomic E-state index is 12.6. The lowest BCUT2D eigenvalue weighted by molar-refractivity contribution is -0.130. The highest BCUT2D eigenvalue weighted by Crippen LogP contribution is 2.48. The van der Waals surface area contributed by atoms with Gasteiger partial charge in [-0.15, -0.1) is 0 Å². The van der Waals surface area contributed by atoms with Gasteiger partial charge in [-0.3, -0.25) is 10.1 Å². The van der Waals surface area contributed by atoms with Crippen LogP contribution in [0.5, 0.6) is 0 Å². The molecule has 1 heterocycles. The van der Waals surface area contributed by atoms with E-state index in [1.54, 1.807) is 0 Å². The van der Waals surface area contributed by atoms with Crippen molar-refractivity contribution in [1.29, 1.82) is 0 Å². The Hall–Kier alpha value is -0.220. The van der Waals surface area contributed by atoms with Gasteiger partial charge in [-0.05, 0) is 37.4 Å². The molecule has 1 saturated heterocycles. The maximum Gasteiger partial charge on any atom is 0.241 e. The predicted molar refractivity (Wildman–Crippen MR) is 82.2 cm³/mol. The SMILES string of the molecule is CSC1(CN2C(=O)C(CC(C)C)NC2C(C)C)CC1. The zero-order chi connectivity index (χ0) is 14.2. The monoisotopic (exact) mass is 284 g/mol. The topological polar surface area (TPSA) is 32.3 Å². The third-order valence-corrected chi connectivity index (χ3v) is 5.73. The van der Waals surface area contributed by atoms with Crippen LogP contribution in [0.1, 0.15) is 47.0 Å². The minimum Gasteiger partial charge on any atom is -0.324 e. The summed E-state index contributed by atoms with van der Waals surface area (Å²) in [5.74, 6) is 1.36. The van der Waals surface area contributed by atoms with Crippen molar-refractivity contribution in [3.63, 3.8) is 0 Å². The number of thioether (sulfide) groups is 1. The lowest BCUT2D eigenvalue weighted by atomic mass is 10.0. The molecule has 0 aromatic carbocycles. The molecule has 0 bridgehead atoms. The van der Waals surface area contributed by atoms with E-state index in [9.17, 15) is 4.79 Å². The van der Waals surface area contributed by atoms with Crippen LogP contribution in [0.15, 0.2) is 0 Å². The highest BCUT2D eigenvalue weighted by molar-refractivity contribution is 8.00. The Balaban J connectivity index is 2.07. The molecule has 3 nitrogen and oxygen atoms in total. The van der Waals surface area contributed by atoms with Crippen molar-refractivity contribution in [2.75, 3.05) is 12.8 Å². The molecule has 0 spiro atoms. The van der Waals surface area contributed by atoms with Crippen LogP contribution < -0.4 is 5.32 Å². The van der Waals surface area contributed by atoms with Crippen LogP contribution in [0, 0.1) is 11.8 Å². The fourth-order valence-corrected chi connectivity index (χ4v) is 3.73. The zero-order valence-electron chi connectivity index (χ0n) is 12.9. The molecule has 1 saturated carbocycles. The van der Waals surface area contributed by atoms with E-state index in [-0.39, 0.29) is 12.2 Å². The Kier molecular flexibility index (Phi) is 4.51. The maximum absolute atomic E-state index is 12.6. The number of hydrogen-bond donors (Lipinski definition) is 1. The summed E-state index contributed by atoms with van der Waals surface area (Å²) in [7, 11) is 0. The van der Waals surface area contributed by atoms with Gasteiger partial charge < -0.3 is 4.90 Å². The van der Waals surface area contributed by atoms with Crippen LogP contribution >= 0.6 is 11.8 Å². The Morgan fingerprint density at radius 3 is 2.42 bits per heavy atom. The first-order valence-electron chi connectivity index (χ1n) is 7.50. The third-order valence-electron chi connectivity index (χ3n) is 4.33. The summed E-state index contributed by atoms with van der Waals surface area (Å²) in [6, 6.07) is 0.0325. The zero-order valence-corrected chi connectivity index (χ0v) is 13.7. The van der Waals surface area contributed by atoms with E-state index >= 15 is 0 Å². The first-order chi connectivity index (χ1) is 8.88. The normalized spacial score (nSPS) is 29.6. The summed E-state index contributed by atoms with van der Waals surface area (Å²) in [6.45, 7) is 9.71. The molecule has 2 rings (SSSR count). The van der Waals surface area contributed by atoms with E-state index in [0.717, 1.165) is 13.0 Å². The van der Waals surface area contributed by atoms with Gasteiger partial charge in [0.25, 0.3) is 0 Å². The number of nitrogens with one attached hydrogen (secondary N) is 1. The van der Waals surface area contributed by atoms with Crippen molar-refractivity contribution in [1.82, 2.24) is 10.2 Å². The van der Waals surface area contributed by atoms with Crippen molar-refractivity contribution in [2.24, 2.45) is 11.8 Å². The minimum atomic E-state index is 0.0325. The number of nitrogens with zero attached hydrogens (tertiary/aromatic N) is 1. The van der Waals surface area contributed by atoms with Gasteiger partial charge >= 0.3 is 0 Å². The summed E-state index contributed by atoms with van der Waals surface area (Å²) in [6.07, 6.45) is 5.87. The van der Waals surface area contributed by atoms with E-state index in [4.69, 9.17) is 0 Å². The summed E-state index contributed by atoms with van der Waals surface area (Å²) < 4.78 is 0.358. The Morgan fingerprint density at radius 2 is 2.00 bits per heavy atom. The highest BCUT2D eigenvalue weighted by Gasteiger charge is 2.49. The molecular formula is C15H28N2OS. The van der Waals surface area contributed by atoms with Crippen molar-refractivity contribution >= 4 is 17.7 Å². The predicted octanol–water partition coefficient (Wildman–Crippen LogP) is 2.71. The molecule has 2 fully saturated rings. The Morgan fingerprint density at radius 1 is 1.37 bits per heavy atom. The molecule has 1 amide bonds. The van der Waals surface area contributed by atoms with E-state index in [1.165, 1.54) is 12.8 Å². The number of carbonyl (C=O) groups is 1. The van der Waals surface area contributed by atoms with Gasteiger partial charge in [0.2, 0.25) is 5.91 Å². The van der Waals surface area contributed by atoms with E-state index in [0.29, 0.717) is 22.5 Å². The van der Waals surface area contributed by atoms with Gasteiger partial charge in [0, 0.05) is 11.3 Å². The van der Waals surface area contributed by atoms with Crippen LogP contribution in [0.3, 0.4) is 0 Å². The smallest absolute Gasteiger partial charge is 0.241 e. The molecule has 1 N–H and O–H groups in total. The summed E-state index contributed by atoms with van der Waals surface area (Å²) in [4.78, 5) is 14.8. The van der Waals surface area contributed by atoms with E-state index in [1.807, 2.05) is 11.8 Å². The molecule has 19 heavy (non-hydrogen) atoms. The van der Waals surface area contributed by atoms with Crippen molar-refractivity contribution in [2.45, 2.75) is 63.9 Å². The van der Waals surface area contributed by atoms with Crippen LogP contribution in [0.25, 0.3) is 0 Å². The Bertz CT molecular complexity index is 339. The van der Waals surface area contributed by atoms with Crippen molar-refractivity contribution in [3.05, 3.63) is 0 Å².